The molecule has 2 nitrogen and oxygen atoms in total. The zero-order valence-corrected chi connectivity index (χ0v) is 11.4. The van der Waals surface area contributed by atoms with Crippen LogP contribution in [0.4, 0.5) is 0 Å². The first-order chi connectivity index (χ1) is 8.13. The second kappa shape index (κ2) is 7.46. The van der Waals surface area contributed by atoms with Gasteiger partial charge in [0.2, 0.25) is 0 Å². The van der Waals surface area contributed by atoms with Crippen LogP contribution in [0.3, 0.4) is 0 Å². The fraction of sp³-hybridized carbons (Fsp3) is 0.600. The molecular formula is C15H26N2. The highest BCUT2D eigenvalue weighted by Gasteiger charge is 2.02. The van der Waals surface area contributed by atoms with E-state index in [1.807, 2.05) is 6.92 Å². The van der Waals surface area contributed by atoms with E-state index in [9.17, 15) is 0 Å². The average Bonchev–Trinajstić information content (AvgIpc) is 2.34. The van der Waals surface area contributed by atoms with Crippen LogP contribution in [0.2, 0.25) is 0 Å². The summed E-state index contributed by atoms with van der Waals surface area (Å²) in [7, 11) is 0. The Hall–Kier alpha value is -0.860. The highest BCUT2D eigenvalue weighted by atomic mass is 14.9. The summed E-state index contributed by atoms with van der Waals surface area (Å²) in [5.41, 5.74) is 8.49. The molecule has 0 aliphatic heterocycles. The first kappa shape index (κ1) is 14.2. The summed E-state index contributed by atoms with van der Waals surface area (Å²) in [6, 6.07) is 9.23. The van der Waals surface area contributed by atoms with E-state index in [0.29, 0.717) is 5.92 Å². The van der Waals surface area contributed by atoms with Crippen molar-refractivity contribution in [2.45, 2.75) is 52.1 Å². The maximum Gasteiger partial charge on any atom is 0.0205 e. The van der Waals surface area contributed by atoms with Crippen LogP contribution in [0.25, 0.3) is 0 Å². The molecule has 1 rings (SSSR count). The van der Waals surface area contributed by atoms with Crippen LogP contribution in [0.1, 0.15) is 50.7 Å². The molecule has 0 heterocycles. The van der Waals surface area contributed by atoms with Gasteiger partial charge in [-0.25, -0.2) is 0 Å². The molecule has 0 radical (unpaired) electrons. The molecule has 0 aromatic heterocycles. The van der Waals surface area contributed by atoms with Crippen LogP contribution < -0.4 is 11.1 Å². The highest BCUT2D eigenvalue weighted by molar-refractivity contribution is 5.24. The van der Waals surface area contributed by atoms with E-state index in [1.165, 1.54) is 17.5 Å². The summed E-state index contributed by atoms with van der Waals surface area (Å²) < 4.78 is 0. The molecule has 0 aliphatic carbocycles. The summed E-state index contributed by atoms with van der Waals surface area (Å²) in [6.45, 7) is 8.48. The van der Waals surface area contributed by atoms with E-state index in [2.05, 4.69) is 43.4 Å². The monoisotopic (exact) mass is 234 g/mol. The maximum absolute atomic E-state index is 5.70. The van der Waals surface area contributed by atoms with Crippen molar-refractivity contribution in [2.24, 2.45) is 5.73 Å². The number of hydrogen-bond acceptors (Lipinski definition) is 2. The Balaban J connectivity index is 2.35. The van der Waals surface area contributed by atoms with E-state index >= 15 is 0 Å². The van der Waals surface area contributed by atoms with Crippen LogP contribution in [0.15, 0.2) is 24.3 Å². The number of nitrogens with two attached hydrogens (primary N) is 1. The zero-order chi connectivity index (χ0) is 12.7. The molecule has 0 spiro atoms. The van der Waals surface area contributed by atoms with Gasteiger partial charge in [-0.05, 0) is 43.4 Å². The number of rotatable bonds is 7. The summed E-state index contributed by atoms with van der Waals surface area (Å²) in [5.74, 6) is 0.662. The number of nitrogens with one attached hydrogen (secondary N) is 1. The molecule has 17 heavy (non-hydrogen) atoms. The van der Waals surface area contributed by atoms with Gasteiger partial charge in [-0.15, -0.1) is 0 Å². The van der Waals surface area contributed by atoms with Crippen LogP contribution in [0.5, 0.6) is 0 Å². The van der Waals surface area contributed by atoms with Crippen LogP contribution >= 0.6 is 0 Å². The summed E-state index contributed by atoms with van der Waals surface area (Å²) in [4.78, 5) is 0. The van der Waals surface area contributed by atoms with Gasteiger partial charge in [-0.1, -0.05) is 38.1 Å². The summed E-state index contributed by atoms with van der Waals surface area (Å²) in [5, 5.41) is 3.42. The Morgan fingerprint density at radius 1 is 1.18 bits per heavy atom. The lowest BCUT2D eigenvalue weighted by atomic mass is 9.98. The molecule has 0 bridgehead atoms. The van der Waals surface area contributed by atoms with Crippen molar-refractivity contribution in [3.05, 3.63) is 35.4 Å². The van der Waals surface area contributed by atoms with Gasteiger partial charge in [-0.2, -0.15) is 0 Å². The second-order valence-corrected chi connectivity index (χ2v) is 4.99. The molecule has 2 heteroatoms. The Kier molecular flexibility index (Phi) is 6.23. The van der Waals surface area contributed by atoms with E-state index in [-0.39, 0.29) is 6.04 Å². The minimum atomic E-state index is 0.287. The molecule has 3 N–H and O–H groups in total. The first-order valence-electron chi connectivity index (χ1n) is 6.68. The van der Waals surface area contributed by atoms with Crippen molar-refractivity contribution in [2.75, 3.05) is 6.54 Å². The van der Waals surface area contributed by atoms with Gasteiger partial charge < -0.3 is 11.1 Å². The third-order valence-corrected chi connectivity index (χ3v) is 3.27. The number of hydrogen-bond donors (Lipinski definition) is 2. The van der Waals surface area contributed by atoms with Gasteiger partial charge in [0.1, 0.15) is 0 Å². The first-order valence-corrected chi connectivity index (χ1v) is 6.68. The van der Waals surface area contributed by atoms with Gasteiger partial charge >= 0.3 is 0 Å². The van der Waals surface area contributed by atoms with Gasteiger partial charge in [0.25, 0.3) is 0 Å². The molecule has 0 aliphatic rings. The third-order valence-electron chi connectivity index (χ3n) is 3.27. The van der Waals surface area contributed by atoms with E-state index in [0.717, 1.165) is 19.5 Å². The molecule has 0 saturated heterocycles. The SMILES string of the molecule is CCC(C)c1ccc(CNCCC(C)N)cc1. The van der Waals surface area contributed by atoms with Crippen molar-refractivity contribution < 1.29 is 0 Å². The Morgan fingerprint density at radius 2 is 1.82 bits per heavy atom. The molecule has 0 amide bonds. The lowest BCUT2D eigenvalue weighted by Crippen LogP contribution is -2.23. The van der Waals surface area contributed by atoms with Crippen molar-refractivity contribution in [3.8, 4) is 0 Å². The van der Waals surface area contributed by atoms with Crippen molar-refractivity contribution in [1.82, 2.24) is 5.32 Å². The minimum absolute atomic E-state index is 0.287. The molecule has 1 aromatic carbocycles. The lowest BCUT2D eigenvalue weighted by molar-refractivity contribution is 0.589. The molecule has 96 valence electrons. The van der Waals surface area contributed by atoms with E-state index < -0.39 is 0 Å². The minimum Gasteiger partial charge on any atom is -0.328 e. The molecule has 2 unspecified atom stereocenters. The van der Waals surface area contributed by atoms with Crippen molar-refractivity contribution >= 4 is 0 Å². The standard InChI is InChI=1S/C15H26N2/c1-4-12(2)15-7-5-14(6-8-15)11-17-10-9-13(3)16/h5-8,12-13,17H,4,9-11,16H2,1-3H3. The van der Waals surface area contributed by atoms with Crippen molar-refractivity contribution in [3.63, 3.8) is 0 Å². The predicted octanol–water partition coefficient (Wildman–Crippen LogP) is 3.03. The van der Waals surface area contributed by atoms with Crippen LogP contribution in [-0.4, -0.2) is 12.6 Å². The molecule has 1 aromatic rings. The van der Waals surface area contributed by atoms with E-state index in [1.54, 1.807) is 0 Å². The molecule has 0 saturated carbocycles. The van der Waals surface area contributed by atoms with Gasteiger partial charge in [0.05, 0.1) is 0 Å². The molecule has 0 fully saturated rings. The smallest absolute Gasteiger partial charge is 0.0205 e. The largest absolute Gasteiger partial charge is 0.328 e. The maximum atomic E-state index is 5.70. The molecule has 2 atom stereocenters. The second-order valence-electron chi connectivity index (χ2n) is 4.99. The van der Waals surface area contributed by atoms with Crippen LogP contribution in [-0.2, 0) is 6.54 Å². The Labute approximate surface area is 106 Å². The van der Waals surface area contributed by atoms with Crippen LogP contribution in [0, 0.1) is 0 Å². The fourth-order valence-corrected chi connectivity index (χ4v) is 1.76. The lowest BCUT2D eigenvalue weighted by Gasteiger charge is -2.10. The molecular weight excluding hydrogens is 208 g/mol. The normalized spacial score (nSPS) is 14.6. The third kappa shape index (κ3) is 5.33. The van der Waals surface area contributed by atoms with Gasteiger partial charge in [-0.3, -0.25) is 0 Å². The average molecular weight is 234 g/mol. The topological polar surface area (TPSA) is 38.0 Å². The number of benzene rings is 1. The van der Waals surface area contributed by atoms with Crippen molar-refractivity contribution in [1.29, 1.82) is 0 Å². The zero-order valence-electron chi connectivity index (χ0n) is 11.4. The highest BCUT2D eigenvalue weighted by Crippen LogP contribution is 2.18. The quantitative estimate of drug-likeness (QED) is 0.712. The predicted molar refractivity (Wildman–Crippen MR) is 75.1 cm³/mol. The summed E-state index contributed by atoms with van der Waals surface area (Å²) in [6.07, 6.45) is 2.23. The fourth-order valence-electron chi connectivity index (χ4n) is 1.76. The van der Waals surface area contributed by atoms with E-state index in [4.69, 9.17) is 5.73 Å². The van der Waals surface area contributed by atoms with Gasteiger partial charge in [0.15, 0.2) is 0 Å². The Bertz CT molecular complexity index is 303. The van der Waals surface area contributed by atoms with Gasteiger partial charge in [0, 0.05) is 12.6 Å². The Morgan fingerprint density at radius 3 is 2.35 bits per heavy atom. The summed E-state index contributed by atoms with van der Waals surface area (Å²) >= 11 is 0.